The van der Waals surface area contributed by atoms with Crippen LogP contribution < -0.4 is 0 Å². The van der Waals surface area contributed by atoms with Crippen molar-refractivity contribution in [2.45, 2.75) is 18.3 Å². The molecule has 0 aliphatic rings. The Balaban J connectivity index is 3.70. The lowest BCUT2D eigenvalue weighted by atomic mass is 10.1. The molecule has 0 aromatic rings. The minimum Gasteiger partial charge on any atom is -0.394 e. The molecule has 0 rings (SSSR count). The van der Waals surface area contributed by atoms with Crippen LogP contribution in [0.5, 0.6) is 0 Å². The van der Waals surface area contributed by atoms with Gasteiger partial charge in [0.2, 0.25) is 0 Å². The number of ether oxygens (including phenoxy) is 1. The van der Waals surface area contributed by atoms with E-state index >= 15 is 0 Å². The SMILES string of the molecule is COC[C@H](O)[C@H](O)[C@H](O)CO. The van der Waals surface area contributed by atoms with Gasteiger partial charge in [-0.05, 0) is 0 Å². The average molecular weight is 166 g/mol. The first kappa shape index (κ1) is 10.8. The van der Waals surface area contributed by atoms with Crippen LogP contribution in [0, 0.1) is 0 Å². The predicted molar refractivity (Wildman–Crippen MR) is 37.0 cm³/mol. The molecule has 11 heavy (non-hydrogen) atoms. The molecule has 0 aliphatic carbocycles. The molecule has 0 aromatic carbocycles. The highest BCUT2D eigenvalue weighted by atomic mass is 16.5. The maximum Gasteiger partial charge on any atom is 0.110 e. The van der Waals surface area contributed by atoms with Crippen LogP contribution in [-0.4, -0.2) is 59.1 Å². The van der Waals surface area contributed by atoms with Crippen molar-refractivity contribution in [3.05, 3.63) is 0 Å². The molecule has 0 fully saturated rings. The van der Waals surface area contributed by atoms with E-state index in [2.05, 4.69) is 4.74 Å². The summed E-state index contributed by atoms with van der Waals surface area (Å²) in [4.78, 5) is 0. The Kier molecular flexibility index (Phi) is 5.35. The van der Waals surface area contributed by atoms with E-state index in [9.17, 15) is 0 Å². The Bertz CT molecular complexity index is 97.0. The van der Waals surface area contributed by atoms with Gasteiger partial charge in [0.15, 0.2) is 0 Å². The lowest BCUT2D eigenvalue weighted by molar-refractivity contribution is -0.0947. The second-order valence-electron chi connectivity index (χ2n) is 2.26. The lowest BCUT2D eigenvalue weighted by Gasteiger charge is -2.20. The number of aliphatic hydroxyl groups is 4. The van der Waals surface area contributed by atoms with Crippen LogP contribution in [-0.2, 0) is 4.74 Å². The molecular formula is C6H14O5. The molecule has 0 saturated heterocycles. The molecule has 0 heterocycles. The second-order valence-corrected chi connectivity index (χ2v) is 2.26. The fraction of sp³-hybridized carbons (Fsp3) is 1.00. The third kappa shape index (κ3) is 3.64. The van der Waals surface area contributed by atoms with Gasteiger partial charge in [0.05, 0.1) is 13.2 Å². The molecule has 0 saturated carbocycles. The summed E-state index contributed by atoms with van der Waals surface area (Å²) < 4.78 is 4.52. The second kappa shape index (κ2) is 5.45. The van der Waals surface area contributed by atoms with Gasteiger partial charge >= 0.3 is 0 Å². The molecule has 68 valence electrons. The standard InChI is InChI=1S/C6H14O5/c1-11-3-5(9)6(10)4(8)2-7/h4-10H,2-3H2,1H3/t4-,5+,6-/m1/s1. The summed E-state index contributed by atoms with van der Waals surface area (Å²) in [7, 11) is 1.36. The third-order valence-corrected chi connectivity index (χ3v) is 1.31. The van der Waals surface area contributed by atoms with E-state index in [0.29, 0.717) is 0 Å². The van der Waals surface area contributed by atoms with Gasteiger partial charge < -0.3 is 25.2 Å². The van der Waals surface area contributed by atoms with E-state index in [-0.39, 0.29) is 6.61 Å². The molecule has 0 amide bonds. The Morgan fingerprint density at radius 1 is 1.18 bits per heavy atom. The van der Waals surface area contributed by atoms with Crippen molar-refractivity contribution in [3.8, 4) is 0 Å². The van der Waals surface area contributed by atoms with Gasteiger partial charge in [-0.2, -0.15) is 0 Å². The van der Waals surface area contributed by atoms with E-state index in [4.69, 9.17) is 20.4 Å². The largest absolute Gasteiger partial charge is 0.394 e. The smallest absolute Gasteiger partial charge is 0.110 e. The molecule has 0 aliphatic heterocycles. The minimum absolute atomic E-state index is 0.0712. The molecule has 5 heteroatoms. The molecule has 0 spiro atoms. The van der Waals surface area contributed by atoms with Crippen LogP contribution in [0.25, 0.3) is 0 Å². The van der Waals surface area contributed by atoms with Crippen LogP contribution in [0.15, 0.2) is 0 Å². The molecule has 0 bridgehead atoms. The van der Waals surface area contributed by atoms with E-state index in [1.54, 1.807) is 0 Å². The number of rotatable bonds is 5. The summed E-state index contributed by atoms with van der Waals surface area (Å²) in [6.07, 6.45) is -3.85. The fourth-order valence-electron chi connectivity index (χ4n) is 0.634. The molecule has 0 radical (unpaired) electrons. The van der Waals surface area contributed by atoms with E-state index in [1.165, 1.54) is 7.11 Å². The van der Waals surface area contributed by atoms with Crippen molar-refractivity contribution in [3.63, 3.8) is 0 Å². The zero-order valence-corrected chi connectivity index (χ0v) is 6.34. The molecule has 5 nitrogen and oxygen atoms in total. The minimum atomic E-state index is -1.36. The van der Waals surface area contributed by atoms with Crippen LogP contribution in [0.2, 0.25) is 0 Å². The van der Waals surface area contributed by atoms with Crippen LogP contribution in [0.4, 0.5) is 0 Å². The Labute approximate surface area is 64.9 Å². The van der Waals surface area contributed by atoms with Crippen molar-refractivity contribution in [1.29, 1.82) is 0 Å². The van der Waals surface area contributed by atoms with E-state index < -0.39 is 24.9 Å². The van der Waals surface area contributed by atoms with Gasteiger partial charge in [0, 0.05) is 7.11 Å². The summed E-state index contributed by atoms with van der Waals surface area (Å²) in [5.74, 6) is 0. The summed E-state index contributed by atoms with van der Waals surface area (Å²) in [5.41, 5.74) is 0. The van der Waals surface area contributed by atoms with Crippen molar-refractivity contribution >= 4 is 0 Å². The summed E-state index contributed by atoms with van der Waals surface area (Å²) >= 11 is 0. The normalized spacial score (nSPS) is 19.4. The van der Waals surface area contributed by atoms with Gasteiger partial charge in [-0.15, -0.1) is 0 Å². The van der Waals surface area contributed by atoms with Gasteiger partial charge in [-0.25, -0.2) is 0 Å². The summed E-state index contributed by atoms with van der Waals surface area (Å²) in [6, 6.07) is 0. The lowest BCUT2D eigenvalue weighted by Crippen LogP contribution is -2.41. The number of aliphatic hydroxyl groups excluding tert-OH is 4. The topological polar surface area (TPSA) is 90.2 Å². The van der Waals surface area contributed by atoms with Crippen molar-refractivity contribution in [2.75, 3.05) is 20.3 Å². The van der Waals surface area contributed by atoms with Crippen molar-refractivity contribution in [2.24, 2.45) is 0 Å². The number of hydrogen-bond donors (Lipinski definition) is 4. The maximum atomic E-state index is 8.98. The first-order chi connectivity index (χ1) is 5.13. The van der Waals surface area contributed by atoms with Crippen molar-refractivity contribution in [1.82, 2.24) is 0 Å². The Morgan fingerprint density at radius 3 is 2.09 bits per heavy atom. The van der Waals surface area contributed by atoms with E-state index in [1.807, 2.05) is 0 Å². The number of methoxy groups -OCH3 is 1. The molecular weight excluding hydrogens is 152 g/mol. The monoisotopic (exact) mass is 166 g/mol. The van der Waals surface area contributed by atoms with Gasteiger partial charge in [0.1, 0.15) is 18.3 Å². The summed E-state index contributed by atoms with van der Waals surface area (Å²) in [5, 5.41) is 35.1. The Hall–Kier alpha value is -0.200. The van der Waals surface area contributed by atoms with Crippen molar-refractivity contribution < 1.29 is 25.2 Å². The average Bonchev–Trinajstić information content (AvgIpc) is 2.02. The molecule has 0 aromatic heterocycles. The molecule has 0 unspecified atom stereocenters. The quantitative estimate of drug-likeness (QED) is 0.369. The van der Waals surface area contributed by atoms with Crippen LogP contribution in [0.3, 0.4) is 0 Å². The van der Waals surface area contributed by atoms with Crippen LogP contribution in [0.1, 0.15) is 0 Å². The summed E-state index contributed by atoms with van der Waals surface area (Å²) in [6.45, 7) is -0.653. The van der Waals surface area contributed by atoms with Crippen LogP contribution >= 0.6 is 0 Å². The molecule has 4 N–H and O–H groups in total. The highest BCUT2D eigenvalue weighted by Crippen LogP contribution is 1.99. The highest BCUT2D eigenvalue weighted by molar-refractivity contribution is 4.73. The Morgan fingerprint density at radius 2 is 1.73 bits per heavy atom. The maximum absolute atomic E-state index is 8.98. The number of hydrogen-bond acceptors (Lipinski definition) is 5. The fourth-order valence-corrected chi connectivity index (χ4v) is 0.634. The zero-order valence-electron chi connectivity index (χ0n) is 6.34. The first-order valence-electron chi connectivity index (χ1n) is 3.27. The zero-order chi connectivity index (χ0) is 8.85. The third-order valence-electron chi connectivity index (χ3n) is 1.31. The molecule has 3 atom stereocenters. The van der Waals surface area contributed by atoms with Gasteiger partial charge in [0.25, 0.3) is 0 Å². The highest BCUT2D eigenvalue weighted by Gasteiger charge is 2.23. The van der Waals surface area contributed by atoms with Gasteiger partial charge in [-0.3, -0.25) is 0 Å². The van der Waals surface area contributed by atoms with E-state index in [0.717, 1.165) is 0 Å². The first-order valence-corrected chi connectivity index (χ1v) is 3.27. The van der Waals surface area contributed by atoms with Gasteiger partial charge in [-0.1, -0.05) is 0 Å². The predicted octanol–water partition coefficient (Wildman–Crippen LogP) is -2.29.